The molecule has 0 aliphatic carbocycles. The molecule has 0 saturated heterocycles. The summed E-state index contributed by atoms with van der Waals surface area (Å²) in [6, 6.07) is 12.7. The van der Waals surface area contributed by atoms with Gasteiger partial charge in [0.2, 0.25) is 0 Å². The van der Waals surface area contributed by atoms with Gasteiger partial charge >= 0.3 is 5.97 Å². The van der Waals surface area contributed by atoms with Crippen LogP contribution < -0.4 is 18.9 Å². The van der Waals surface area contributed by atoms with Gasteiger partial charge in [-0.2, -0.15) is 5.26 Å². The summed E-state index contributed by atoms with van der Waals surface area (Å²) in [5, 5.41) is 9.33. The van der Waals surface area contributed by atoms with Crippen LogP contribution in [0.5, 0.6) is 23.0 Å². The maximum absolute atomic E-state index is 12.0. The highest BCUT2D eigenvalue weighted by Crippen LogP contribution is 2.36. The molecule has 0 aromatic heterocycles. The van der Waals surface area contributed by atoms with Gasteiger partial charge in [0.05, 0.1) is 26.9 Å². The van der Waals surface area contributed by atoms with Crippen molar-refractivity contribution in [1.82, 2.24) is 0 Å². The topological polar surface area (TPSA) is 77.8 Å². The second kappa shape index (κ2) is 10.8. The van der Waals surface area contributed by atoms with Crippen molar-refractivity contribution in [1.29, 1.82) is 5.26 Å². The highest BCUT2D eigenvalue weighted by molar-refractivity contribution is 5.84. The van der Waals surface area contributed by atoms with Gasteiger partial charge in [0.1, 0.15) is 0 Å². The number of ether oxygens (including phenoxy) is 4. The molecule has 0 saturated carbocycles. The second-order valence-corrected chi connectivity index (χ2v) is 6.08. The lowest BCUT2D eigenvalue weighted by atomic mass is 9.97. The van der Waals surface area contributed by atoms with Crippen molar-refractivity contribution in [3.05, 3.63) is 53.6 Å². The molecule has 6 nitrogen and oxygen atoms in total. The minimum absolute atomic E-state index is 0.310. The van der Waals surface area contributed by atoms with E-state index in [1.807, 2.05) is 32.0 Å². The van der Waals surface area contributed by atoms with Crippen molar-refractivity contribution >= 4 is 11.5 Å². The van der Waals surface area contributed by atoms with Gasteiger partial charge in [0.15, 0.2) is 23.0 Å². The van der Waals surface area contributed by atoms with Gasteiger partial charge in [-0.1, -0.05) is 19.1 Å². The number of nitrogens with zero attached hydrogens (tertiary/aromatic N) is 1. The lowest BCUT2D eigenvalue weighted by molar-refractivity contribution is -0.134. The van der Waals surface area contributed by atoms with E-state index in [2.05, 4.69) is 6.07 Å². The van der Waals surface area contributed by atoms with Crippen LogP contribution in [0, 0.1) is 11.3 Å². The summed E-state index contributed by atoms with van der Waals surface area (Å²) in [6.07, 6.45) is 2.44. The summed E-state index contributed by atoms with van der Waals surface area (Å²) in [7, 11) is 3.08. The molecular weight excluding hydrogens is 370 g/mol. The van der Waals surface area contributed by atoms with E-state index in [1.54, 1.807) is 25.3 Å². The van der Waals surface area contributed by atoms with Gasteiger partial charge in [-0.05, 0) is 54.3 Å². The predicted molar refractivity (Wildman–Crippen MR) is 110 cm³/mol. The van der Waals surface area contributed by atoms with E-state index in [-0.39, 0.29) is 5.97 Å². The Bertz CT molecular complexity index is 927. The van der Waals surface area contributed by atoms with Crippen molar-refractivity contribution in [3.8, 4) is 29.1 Å². The Balaban J connectivity index is 2.51. The van der Waals surface area contributed by atoms with Crippen molar-refractivity contribution in [3.63, 3.8) is 0 Å². The normalized spacial score (nSPS) is 10.8. The summed E-state index contributed by atoms with van der Waals surface area (Å²) < 4.78 is 21.7. The number of nitriles is 1. The zero-order chi connectivity index (χ0) is 21.2. The van der Waals surface area contributed by atoms with Gasteiger partial charge in [-0.25, -0.2) is 0 Å². The Kier molecular flexibility index (Phi) is 8.11. The molecule has 0 fully saturated rings. The van der Waals surface area contributed by atoms with Gasteiger partial charge in [0, 0.05) is 12.5 Å². The van der Waals surface area contributed by atoms with E-state index >= 15 is 0 Å². The molecule has 0 radical (unpaired) electrons. The minimum Gasteiger partial charge on any atom is -0.493 e. The summed E-state index contributed by atoms with van der Waals surface area (Å²) in [4.78, 5) is 12.0. The van der Waals surface area contributed by atoms with Crippen LogP contribution in [0.3, 0.4) is 0 Å². The molecule has 0 aliphatic heterocycles. The number of esters is 1. The molecule has 6 heteroatoms. The van der Waals surface area contributed by atoms with E-state index in [4.69, 9.17) is 18.9 Å². The second-order valence-electron chi connectivity index (χ2n) is 6.08. The standard InChI is InChI=1S/C23H25NO5/c1-5-7-23(25)29-22-15-17(9-11-20(22)27-4)18(12-13-24)16-8-10-19(26-3)21(14-16)28-6-2/h8-12,14-15H,5-7H2,1-4H3. The smallest absolute Gasteiger partial charge is 0.311 e. The van der Waals surface area contributed by atoms with E-state index in [0.29, 0.717) is 53.6 Å². The number of rotatable bonds is 9. The fourth-order valence-corrected chi connectivity index (χ4v) is 2.81. The van der Waals surface area contributed by atoms with Crippen molar-refractivity contribution < 1.29 is 23.7 Å². The molecular formula is C23H25NO5. The number of benzene rings is 2. The van der Waals surface area contributed by atoms with Crippen molar-refractivity contribution in [2.24, 2.45) is 0 Å². The largest absolute Gasteiger partial charge is 0.493 e. The summed E-state index contributed by atoms with van der Waals surface area (Å²) in [5.41, 5.74) is 2.14. The van der Waals surface area contributed by atoms with Crippen LogP contribution in [-0.4, -0.2) is 26.8 Å². The fraction of sp³-hybridized carbons (Fsp3) is 0.304. The first-order valence-corrected chi connectivity index (χ1v) is 9.37. The zero-order valence-electron chi connectivity index (χ0n) is 17.2. The number of carbonyl (C=O) groups excluding carboxylic acids is 1. The Morgan fingerprint density at radius 1 is 0.966 bits per heavy atom. The first kappa shape index (κ1) is 21.8. The van der Waals surface area contributed by atoms with Crippen LogP contribution >= 0.6 is 0 Å². The van der Waals surface area contributed by atoms with Crippen LogP contribution in [-0.2, 0) is 4.79 Å². The molecule has 0 atom stereocenters. The molecule has 2 aromatic carbocycles. The van der Waals surface area contributed by atoms with E-state index in [0.717, 1.165) is 5.56 Å². The fourth-order valence-electron chi connectivity index (χ4n) is 2.81. The third kappa shape index (κ3) is 5.52. The van der Waals surface area contributed by atoms with Crippen LogP contribution in [0.4, 0.5) is 0 Å². The molecule has 0 N–H and O–H groups in total. The van der Waals surface area contributed by atoms with Crippen LogP contribution in [0.15, 0.2) is 42.5 Å². The maximum Gasteiger partial charge on any atom is 0.311 e. The number of methoxy groups -OCH3 is 2. The summed E-state index contributed by atoms with van der Waals surface area (Å²) >= 11 is 0. The zero-order valence-corrected chi connectivity index (χ0v) is 17.2. The average molecular weight is 395 g/mol. The van der Waals surface area contributed by atoms with Gasteiger partial charge < -0.3 is 18.9 Å². The molecule has 0 amide bonds. The van der Waals surface area contributed by atoms with E-state index < -0.39 is 0 Å². The molecule has 0 spiro atoms. The quantitative estimate of drug-likeness (QED) is 0.346. The van der Waals surface area contributed by atoms with Crippen LogP contribution in [0.2, 0.25) is 0 Å². The minimum atomic E-state index is -0.336. The Labute approximate surface area is 171 Å². The monoisotopic (exact) mass is 395 g/mol. The summed E-state index contributed by atoms with van der Waals surface area (Å²) in [6.45, 7) is 4.28. The Hall–Kier alpha value is -3.46. The van der Waals surface area contributed by atoms with Crippen LogP contribution in [0.25, 0.3) is 5.57 Å². The van der Waals surface area contributed by atoms with Crippen molar-refractivity contribution in [2.45, 2.75) is 26.7 Å². The molecule has 2 rings (SSSR count). The Morgan fingerprint density at radius 2 is 1.55 bits per heavy atom. The molecule has 29 heavy (non-hydrogen) atoms. The number of hydrogen-bond donors (Lipinski definition) is 0. The molecule has 0 bridgehead atoms. The number of allylic oxidation sites excluding steroid dienone is 1. The highest BCUT2D eigenvalue weighted by Gasteiger charge is 2.15. The lowest BCUT2D eigenvalue weighted by Crippen LogP contribution is -2.08. The number of hydrogen-bond acceptors (Lipinski definition) is 6. The highest BCUT2D eigenvalue weighted by atomic mass is 16.6. The third-order valence-corrected chi connectivity index (χ3v) is 4.14. The van der Waals surface area contributed by atoms with Gasteiger partial charge in [-0.3, -0.25) is 4.79 Å². The van der Waals surface area contributed by atoms with Crippen molar-refractivity contribution in [2.75, 3.05) is 20.8 Å². The molecule has 152 valence electrons. The van der Waals surface area contributed by atoms with Gasteiger partial charge in [0.25, 0.3) is 0 Å². The molecule has 0 aliphatic rings. The third-order valence-electron chi connectivity index (χ3n) is 4.14. The molecule has 0 heterocycles. The molecule has 2 aromatic rings. The first-order chi connectivity index (χ1) is 14.1. The molecule has 0 unspecified atom stereocenters. The predicted octanol–water partition coefficient (Wildman–Crippen LogP) is 4.76. The number of carbonyl (C=O) groups is 1. The van der Waals surface area contributed by atoms with E-state index in [1.165, 1.54) is 13.2 Å². The SMILES string of the molecule is CCCC(=O)Oc1cc(C(=CC#N)c2ccc(OC)c(OCC)c2)ccc1OC. The van der Waals surface area contributed by atoms with E-state index in [9.17, 15) is 10.1 Å². The van der Waals surface area contributed by atoms with Gasteiger partial charge in [-0.15, -0.1) is 0 Å². The average Bonchev–Trinajstić information content (AvgIpc) is 2.72. The maximum atomic E-state index is 12.0. The first-order valence-electron chi connectivity index (χ1n) is 9.37. The van der Waals surface area contributed by atoms with Crippen LogP contribution in [0.1, 0.15) is 37.8 Å². The lowest BCUT2D eigenvalue weighted by Gasteiger charge is -2.15. The summed E-state index contributed by atoms with van der Waals surface area (Å²) in [5.74, 6) is 1.61. The Morgan fingerprint density at radius 3 is 2.07 bits per heavy atom.